The first-order valence-electron chi connectivity index (χ1n) is 15.6. The van der Waals surface area contributed by atoms with Gasteiger partial charge in [0.2, 0.25) is 0 Å². The Hall–Kier alpha value is -3.68. The summed E-state index contributed by atoms with van der Waals surface area (Å²) >= 11 is 0. The second kappa shape index (κ2) is 15.3. The summed E-state index contributed by atoms with van der Waals surface area (Å²) in [5, 5.41) is 41.6. The lowest BCUT2D eigenvalue weighted by Gasteiger charge is -2.43. The van der Waals surface area contributed by atoms with Crippen molar-refractivity contribution in [1.29, 1.82) is 0 Å². The van der Waals surface area contributed by atoms with Crippen LogP contribution in [0.15, 0.2) is 130 Å². The van der Waals surface area contributed by atoms with Crippen molar-refractivity contribution in [3.63, 3.8) is 0 Å². The Bertz CT molecular complexity index is 1430. The van der Waals surface area contributed by atoms with E-state index in [4.69, 9.17) is 0 Å². The highest BCUT2D eigenvalue weighted by molar-refractivity contribution is 5.98. The van der Waals surface area contributed by atoms with E-state index in [1.165, 1.54) is 0 Å². The smallest absolute Gasteiger partial charge is 0.179 e. The van der Waals surface area contributed by atoms with Gasteiger partial charge in [0.25, 0.3) is 0 Å². The van der Waals surface area contributed by atoms with Gasteiger partial charge >= 0.3 is 0 Å². The largest absolute Gasteiger partial charge is 0.365 e. The van der Waals surface area contributed by atoms with E-state index in [-0.39, 0.29) is 24.4 Å². The summed E-state index contributed by atoms with van der Waals surface area (Å²) in [5.74, 6) is -4.68. The number of aliphatic hydroxyl groups is 4. The van der Waals surface area contributed by atoms with E-state index in [1.54, 1.807) is 53.7 Å². The summed E-state index contributed by atoms with van der Waals surface area (Å²) in [5.41, 5.74) is 4.47. The van der Waals surface area contributed by atoms with Gasteiger partial charge in [0.05, 0.1) is 12.8 Å². The molecule has 6 heteroatoms. The Morgan fingerprint density at radius 2 is 0.804 bits per heavy atom. The number of ketones is 2. The minimum Gasteiger partial charge on any atom is -0.365 e. The molecule has 0 bridgehead atoms. The Labute approximate surface area is 275 Å². The molecule has 2 rings (SSSR count). The topological polar surface area (TPSA) is 115 Å². The molecular weight excluding hydrogens is 576 g/mol. The highest BCUT2D eigenvalue weighted by Gasteiger charge is 2.50. The molecule has 0 aromatic rings. The molecule has 0 saturated carbocycles. The highest BCUT2D eigenvalue weighted by Crippen LogP contribution is 2.46. The van der Waals surface area contributed by atoms with Gasteiger partial charge in [0.15, 0.2) is 23.1 Å². The summed E-state index contributed by atoms with van der Waals surface area (Å²) in [6.45, 7) is 18.3. The second-order valence-electron chi connectivity index (χ2n) is 13.6. The van der Waals surface area contributed by atoms with E-state index in [1.807, 2.05) is 101 Å². The number of carbonyl (C=O) groups is 2. The van der Waals surface area contributed by atoms with Crippen LogP contribution in [-0.2, 0) is 9.59 Å². The lowest BCUT2D eigenvalue weighted by atomic mass is 9.67. The van der Waals surface area contributed by atoms with Crippen molar-refractivity contribution < 1.29 is 30.0 Å². The monoisotopic (exact) mass is 628 g/mol. The Kier molecular flexibility index (Phi) is 12.8. The van der Waals surface area contributed by atoms with Crippen molar-refractivity contribution in [2.45, 2.75) is 93.7 Å². The normalized spacial score (nSPS) is 23.1. The van der Waals surface area contributed by atoms with E-state index in [2.05, 4.69) is 0 Å². The molecular formula is C40H52O6. The Morgan fingerprint density at radius 1 is 0.522 bits per heavy atom. The molecule has 0 fully saturated rings. The van der Waals surface area contributed by atoms with Crippen molar-refractivity contribution in [2.24, 2.45) is 10.8 Å². The summed E-state index contributed by atoms with van der Waals surface area (Å²) in [4.78, 5) is 24.5. The number of allylic oxidation sites excluding steroid dienone is 20. The minimum absolute atomic E-state index is 0.256. The first kappa shape index (κ1) is 38.5. The van der Waals surface area contributed by atoms with Gasteiger partial charge < -0.3 is 20.4 Å². The molecule has 0 unspecified atom stereocenters. The SMILES string of the molecule is CC1=C(/C=C/C(C)=C/C=C/C(C)=C/C=C/C=C(C)/C=C/C=C(C)/C=C/C2=C(C)C(=O)CC(O)(O)C2(C)C)C(C)(C)C(O)(O)CC1=O. The molecule has 0 atom stereocenters. The lowest BCUT2D eigenvalue weighted by Crippen LogP contribution is -2.50. The Morgan fingerprint density at radius 3 is 1.13 bits per heavy atom. The zero-order chi connectivity index (χ0) is 35.1. The van der Waals surface area contributed by atoms with Crippen LogP contribution in [0, 0.1) is 10.8 Å². The Balaban J connectivity index is 1.99. The summed E-state index contributed by atoms with van der Waals surface area (Å²) in [6, 6.07) is 0. The zero-order valence-electron chi connectivity index (χ0n) is 29.1. The third-order valence-electron chi connectivity index (χ3n) is 9.10. The first-order chi connectivity index (χ1) is 21.1. The van der Waals surface area contributed by atoms with Gasteiger partial charge in [-0.1, -0.05) is 135 Å². The molecule has 2 aliphatic carbocycles. The second-order valence-corrected chi connectivity index (χ2v) is 13.6. The maximum atomic E-state index is 12.2. The van der Waals surface area contributed by atoms with Crippen LogP contribution in [-0.4, -0.2) is 43.6 Å². The van der Waals surface area contributed by atoms with Gasteiger partial charge in [-0.05, 0) is 63.8 Å². The molecule has 0 heterocycles. The van der Waals surface area contributed by atoms with Crippen LogP contribution < -0.4 is 0 Å². The van der Waals surface area contributed by atoms with Crippen LogP contribution >= 0.6 is 0 Å². The molecule has 2 aliphatic rings. The number of carbonyl (C=O) groups excluding carboxylic acids is 2. The van der Waals surface area contributed by atoms with E-state index >= 15 is 0 Å². The van der Waals surface area contributed by atoms with Gasteiger partial charge in [-0.15, -0.1) is 0 Å². The van der Waals surface area contributed by atoms with E-state index in [9.17, 15) is 30.0 Å². The molecule has 0 aromatic carbocycles. The molecule has 0 aliphatic heterocycles. The molecule has 0 spiro atoms. The van der Waals surface area contributed by atoms with E-state index in [0.29, 0.717) is 22.3 Å². The fourth-order valence-electron chi connectivity index (χ4n) is 5.26. The standard InChI is InChI=1S/C40H52O6/c1-27(17-13-19-29(3)21-23-33-31(5)35(41)25-39(43,44)37(33,7)8)15-11-12-16-28(2)18-14-20-30(4)22-24-34-32(6)36(42)26-40(45,46)38(34,9)10/h11-24,43-46H,25-26H2,1-10H3/b12-11+,17-13+,18-14+,23-21+,24-22+,27-15+,28-16+,29-19+,30-20+. The molecule has 0 saturated heterocycles. The van der Waals surface area contributed by atoms with Crippen LogP contribution in [0.3, 0.4) is 0 Å². The predicted molar refractivity (Wildman–Crippen MR) is 187 cm³/mol. The van der Waals surface area contributed by atoms with Crippen molar-refractivity contribution in [3.8, 4) is 0 Å². The summed E-state index contributed by atoms with van der Waals surface area (Å²) in [7, 11) is 0. The third kappa shape index (κ3) is 9.43. The van der Waals surface area contributed by atoms with Crippen LogP contribution in [0.5, 0.6) is 0 Å². The van der Waals surface area contributed by atoms with Crippen molar-refractivity contribution in [1.82, 2.24) is 0 Å². The summed E-state index contributed by atoms with van der Waals surface area (Å²) in [6.07, 6.45) is 26.5. The molecule has 0 radical (unpaired) electrons. The molecule has 248 valence electrons. The van der Waals surface area contributed by atoms with Crippen molar-refractivity contribution >= 4 is 11.6 Å². The van der Waals surface area contributed by atoms with Gasteiger partial charge in [-0.25, -0.2) is 0 Å². The lowest BCUT2D eigenvalue weighted by molar-refractivity contribution is -0.225. The molecule has 46 heavy (non-hydrogen) atoms. The fourth-order valence-corrected chi connectivity index (χ4v) is 5.26. The average molecular weight is 629 g/mol. The van der Waals surface area contributed by atoms with Crippen LogP contribution in [0.2, 0.25) is 0 Å². The quantitative estimate of drug-likeness (QED) is 0.147. The molecule has 4 N–H and O–H groups in total. The predicted octanol–water partition coefficient (Wildman–Crippen LogP) is 7.55. The van der Waals surface area contributed by atoms with Crippen LogP contribution in [0.25, 0.3) is 0 Å². The van der Waals surface area contributed by atoms with Crippen LogP contribution in [0.4, 0.5) is 0 Å². The fraction of sp³-hybridized carbons (Fsp3) is 0.400. The number of Topliss-reactive ketones (excluding diaryl/α,β-unsaturated/α-hetero) is 2. The van der Waals surface area contributed by atoms with Gasteiger partial charge in [-0.3, -0.25) is 9.59 Å². The maximum absolute atomic E-state index is 12.2. The first-order valence-corrected chi connectivity index (χ1v) is 15.6. The van der Waals surface area contributed by atoms with Crippen molar-refractivity contribution in [3.05, 3.63) is 130 Å². The van der Waals surface area contributed by atoms with Gasteiger partial charge in [0.1, 0.15) is 0 Å². The third-order valence-corrected chi connectivity index (χ3v) is 9.10. The number of hydrogen-bond donors (Lipinski definition) is 4. The van der Waals surface area contributed by atoms with Crippen molar-refractivity contribution in [2.75, 3.05) is 0 Å². The van der Waals surface area contributed by atoms with E-state index in [0.717, 1.165) is 22.3 Å². The van der Waals surface area contributed by atoms with Gasteiger partial charge in [-0.2, -0.15) is 0 Å². The van der Waals surface area contributed by atoms with E-state index < -0.39 is 22.4 Å². The van der Waals surface area contributed by atoms with Gasteiger partial charge in [0, 0.05) is 10.8 Å². The molecule has 0 aromatic heterocycles. The highest BCUT2D eigenvalue weighted by atomic mass is 16.5. The summed E-state index contributed by atoms with van der Waals surface area (Å²) < 4.78 is 0. The van der Waals surface area contributed by atoms with Crippen LogP contribution in [0.1, 0.15) is 82.1 Å². The zero-order valence-corrected chi connectivity index (χ0v) is 29.1. The number of hydrogen-bond acceptors (Lipinski definition) is 6. The molecule has 6 nitrogen and oxygen atoms in total. The maximum Gasteiger partial charge on any atom is 0.179 e. The minimum atomic E-state index is -2.08. The average Bonchev–Trinajstić information content (AvgIpc) is 2.93. The number of rotatable bonds is 10. The molecule has 0 amide bonds.